The van der Waals surface area contributed by atoms with E-state index in [9.17, 15) is 4.79 Å². The van der Waals surface area contributed by atoms with Crippen LogP contribution in [0.3, 0.4) is 0 Å². The van der Waals surface area contributed by atoms with Crippen LogP contribution in [0.15, 0.2) is 54.1 Å². The molecule has 1 aliphatic carbocycles. The minimum atomic E-state index is -0.201. The average molecular weight is 214 g/mol. The van der Waals surface area contributed by atoms with E-state index in [-0.39, 0.29) is 5.97 Å². The van der Waals surface area contributed by atoms with Gasteiger partial charge in [0.25, 0.3) is 0 Å². The van der Waals surface area contributed by atoms with Crippen molar-refractivity contribution in [3.8, 4) is 0 Å². The lowest BCUT2D eigenvalue weighted by molar-refractivity contribution is -0.140. The second-order valence-corrected chi connectivity index (χ2v) is 3.70. The second kappa shape index (κ2) is 5.31. The van der Waals surface area contributed by atoms with Crippen LogP contribution in [0.25, 0.3) is 0 Å². The van der Waals surface area contributed by atoms with Crippen molar-refractivity contribution in [3.05, 3.63) is 59.7 Å². The topological polar surface area (TPSA) is 26.3 Å². The van der Waals surface area contributed by atoms with Gasteiger partial charge >= 0.3 is 5.97 Å². The molecule has 2 rings (SSSR count). The zero-order valence-corrected chi connectivity index (χ0v) is 9.06. The summed E-state index contributed by atoms with van der Waals surface area (Å²) >= 11 is 0. The van der Waals surface area contributed by atoms with Gasteiger partial charge in [-0.2, -0.15) is 0 Å². The molecular formula is C14H14O2. The first-order valence-corrected chi connectivity index (χ1v) is 5.41. The number of allylic oxidation sites excluding steroid dienone is 3. The van der Waals surface area contributed by atoms with Crippen LogP contribution in [-0.2, 0) is 16.1 Å². The Kier molecular flexibility index (Phi) is 3.54. The third kappa shape index (κ3) is 2.83. The van der Waals surface area contributed by atoms with Crippen LogP contribution in [0.2, 0.25) is 0 Å². The summed E-state index contributed by atoms with van der Waals surface area (Å²) in [5.41, 5.74) is 1.78. The summed E-state index contributed by atoms with van der Waals surface area (Å²) in [4.78, 5) is 11.6. The van der Waals surface area contributed by atoms with Crippen LogP contribution >= 0.6 is 0 Å². The fourth-order valence-electron chi connectivity index (χ4n) is 1.58. The highest BCUT2D eigenvalue weighted by molar-refractivity contribution is 5.89. The molecule has 1 aromatic carbocycles. The highest BCUT2D eigenvalue weighted by Crippen LogP contribution is 2.13. The molecule has 0 atom stereocenters. The first-order chi connectivity index (χ1) is 7.86. The average Bonchev–Trinajstić information content (AvgIpc) is 2.38. The molecule has 0 amide bonds. The minimum Gasteiger partial charge on any atom is -0.457 e. The van der Waals surface area contributed by atoms with Gasteiger partial charge < -0.3 is 4.74 Å². The third-order valence-corrected chi connectivity index (χ3v) is 2.48. The van der Waals surface area contributed by atoms with Crippen LogP contribution in [0.1, 0.15) is 18.4 Å². The fourth-order valence-corrected chi connectivity index (χ4v) is 1.58. The zero-order valence-electron chi connectivity index (χ0n) is 9.06. The van der Waals surface area contributed by atoms with E-state index < -0.39 is 0 Å². The highest BCUT2D eigenvalue weighted by atomic mass is 16.5. The van der Waals surface area contributed by atoms with Gasteiger partial charge in [0, 0.05) is 5.57 Å². The first kappa shape index (κ1) is 10.7. The predicted molar refractivity (Wildman–Crippen MR) is 62.7 cm³/mol. The largest absolute Gasteiger partial charge is 0.457 e. The number of esters is 1. The van der Waals surface area contributed by atoms with Crippen molar-refractivity contribution >= 4 is 5.97 Å². The Labute approximate surface area is 95.2 Å². The van der Waals surface area contributed by atoms with E-state index in [4.69, 9.17) is 4.74 Å². The maximum absolute atomic E-state index is 11.6. The van der Waals surface area contributed by atoms with Crippen molar-refractivity contribution < 1.29 is 9.53 Å². The number of hydrogen-bond donors (Lipinski definition) is 0. The van der Waals surface area contributed by atoms with E-state index in [1.54, 1.807) is 0 Å². The lowest BCUT2D eigenvalue weighted by atomic mass is 10.1. The van der Waals surface area contributed by atoms with Crippen LogP contribution in [0.4, 0.5) is 0 Å². The van der Waals surface area contributed by atoms with E-state index in [1.807, 2.05) is 48.6 Å². The fraction of sp³-hybridized carbons (Fsp3) is 0.214. The maximum atomic E-state index is 11.6. The molecule has 2 heteroatoms. The number of ether oxygens (including phenoxy) is 1. The molecule has 2 nitrogen and oxygen atoms in total. The van der Waals surface area contributed by atoms with Gasteiger partial charge in [0.15, 0.2) is 0 Å². The molecule has 82 valence electrons. The van der Waals surface area contributed by atoms with E-state index in [0.717, 1.165) is 17.6 Å². The Hall–Kier alpha value is -1.83. The standard InChI is InChI=1S/C14H14O2/c15-14(13-9-5-2-6-10-13)16-11-12-7-3-1-4-8-12/h1-5,7-8,10H,6,9,11H2. The van der Waals surface area contributed by atoms with Gasteiger partial charge in [-0.1, -0.05) is 48.6 Å². The molecule has 0 spiro atoms. The number of rotatable bonds is 3. The van der Waals surface area contributed by atoms with Crippen molar-refractivity contribution in [2.45, 2.75) is 19.4 Å². The maximum Gasteiger partial charge on any atom is 0.334 e. The molecule has 1 aliphatic rings. The summed E-state index contributed by atoms with van der Waals surface area (Å²) in [5, 5.41) is 0. The van der Waals surface area contributed by atoms with Gasteiger partial charge in [0.2, 0.25) is 0 Å². The van der Waals surface area contributed by atoms with Gasteiger partial charge in [0.05, 0.1) is 0 Å². The van der Waals surface area contributed by atoms with Gasteiger partial charge in [-0.3, -0.25) is 0 Å². The Bertz CT molecular complexity index is 416. The zero-order chi connectivity index (χ0) is 11.2. The quantitative estimate of drug-likeness (QED) is 0.571. The minimum absolute atomic E-state index is 0.201. The van der Waals surface area contributed by atoms with Crippen LogP contribution in [-0.4, -0.2) is 5.97 Å². The van der Waals surface area contributed by atoms with Gasteiger partial charge in [0.1, 0.15) is 6.61 Å². The Balaban J connectivity index is 1.87. The molecule has 0 heterocycles. The summed E-state index contributed by atoms with van der Waals surface area (Å²) in [7, 11) is 0. The molecule has 0 N–H and O–H groups in total. The number of carbonyl (C=O) groups excluding carboxylic acids is 1. The van der Waals surface area contributed by atoms with Crippen LogP contribution in [0, 0.1) is 0 Å². The van der Waals surface area contributed by atoms with Gasteiger partial charge in [-0.15, -0.1) is 0 Å². The molecule has 0 aromatic heterocycles. The van der Waals surface area contributed by atoms with Crippen molar-refractivity contribution in [2.24, 2.45) is 0 Å². The lowest BCUT2D eigenvalue weighted by Gasteiger charge is -2.08. The molecular weight excluding hydrogens is 200 g/mol. The van der Waals surface area contributed by atoms with Crippen molar-refractivity contribution in [1.82, 2.24) is 0 Å². The molecule has 0 saturated heterocycles. The number of benzene rings is 1. The number of carbonyl (C=O) groups is 1. The molecule has 16 heavy (non-hydrogen) atoms. The summed E-state index contributed by atoms with van der Waals surface area (Å²) < 4.78 is 5.23. The molecule has 1 aromatic rings. The normalized spacial score (nSPS) is 14.4. The van der Waals surface area contributed by atoms with Crippen LogP contribution < -0.4 is 0 Å². The van der Waals surface area contributed by atoms with E-state index in [2.05, 4.69) is 0 Å². The smallest absolute Gasteiger partial charge is 0.334 e. The molecule has 0 aliphatic heterocycles. The molecule has 0 radical (unpaired) electrons. The molecule has 0 unspecified atom stereocenters. The van der Waals surface area contributed by atoms with Crippen molar-refractivity contribution in [1.29, 1.82) is 0 Å². The Morgan fingerprint density at radius 1 is 1.19 bits per heavy atom. The van der Waals surface area contributed by atoms with Gasteiger partial charge in [-0.05, 0) is 18.4 Å². The van der Waals surface area contributed by atoms with E-state index in [0.29, 0.717) is 13.0 Å². The second-order valence-electron chi connectivity index (χ2n) is 3.70. The predicted octanol–water partition coefficient (Wildman–Crippen LogP) is 3.01. The van der Waals surface area contributed by atoms with Crippen LogP contribution in [0.5, 0.6) is 0 Å². The van der Waals surface area contributed by atoms with Gasteiger partial charge in [-0.25, -0.2) is 4.79 Å². The lowest BCUT2D eigenvalue weighted by Crippen LogP contribution is -2.08. The summed E-state index contributed by atoms with van der Waals surface area (Å²) in [6, 6.07) is 9.71. The molecule has 0 bridgehead atoms. The Morgan fingerprint density at radius 3 is 2.69 bits per heavy atom. The Morgan fingerprint density at radius 2 is 2.00 bits per heavy atom. The summed E-state index contributed by atoms with van der Waals surface area (Å²) in [6.45, 7) is 0.348. The monoisotopic (exact) mass is 214 g/mol. The van der Waals surface area contributed by atoms with E-state index in [1.165, 1.54) is 0 Å². The summed E-state index contributed by atoms with van der Waals surface area (Å²) in [5.74, 6) is -0.201. The van der Waals surface area contributed by atoms with Crippen molar-refractivity contribution in [3.63, 3.8) is 0 Å². The summed E-state index contributed by atoms with van der Waals surface area (Å²) in [6.07, 6.45) is 7.49. The van der Waals surface area contributed by atoms with Crippen molar-refractivity contribution in [2.75, 3.05) is 0 Å². The SMILES string of the molecule is O=C(OCc1ccccc1)C1=CCC=CC1. The third-order valence-electron chi connectivity index (χ3n) is 2.48. The molecule has 0 fully saturated rings. The first-order valence-electron chi connectivity index (χ1n) is 5.41. The number of hydrogen-bond acceptors (Lipinski definition) is 2. The van der Waals surface area contributed by atoms with E-state index >= 15 is 0 Å². The highest BCUT2D eigenvalue weighted by Gasteiger charge is 2.10. The molecule has 0 saturated carbocycles.